The maximum absolute atomic E-state index is 11.8. The molecule has 4 rings (SSSR count). The average molecular weight is 444 g/mol. The van der Waals surface area contributed by atoms with Crippen molar-refractivity contribution in [2.45, 2.75) is 23.9 Å². The van der Waals surface area contributed by atoms with Gasteiger partial charge in [-0.3, -0.25) is 9.89 Å². The highest BCUT2D eigenvalue weighted by molar-refractivity contribution is 7.98. The van der Waals surface area contributed by atoms with Gasteiger partial charge in [0, 0.05) is 47.0 Å². The summed E-state index contributed by atoms with van der Waals surface area (Å²) < 4.78 is 0. The molecule has 0 spiro atoms. The van der Waals surface area contributed by atoms with Gasteiger partial charge in [0.05, 0.1) is 5.69 Å². The summed E-state index contributed by atoms with van der Waals surface area (Å²) >= 11 is 7.57. The number of aliphatic hydroxyl groups excluding tert-OH is 1. The lowest BCUT2D eigenvalue weighted by Gasteiger charge is -2.31. The number of amides is 1. The van der Waals surface area contributed by atoms with Crippen molar-refractivity contribution in [3.8, 4) is 22.5 Å². The number of benzene rings is 1. The number of nitrogens with zero attached hydrogens (tertiary/aromatic N) is 4. The number of carbonyl (C=O) groups excluding carboxylic acids is 1. The van der Waals surface area contributed by atoms with Crippen molar-refractivity contribution >= 4 is 29.3 Å². The number of piperidine rings is 1. The second-order valence-corrected chi connectivity index (χ2v) is 8.32. The fourth-order valence-electron chi connectivity index (χ4n) is 3.82. The molecular weight excluding hydrogens is 422 g/mol. The van der Waals surface area contributed by atoms with Crippen LogP contribution < -0.4 is 0 Å². The zero-order valence-corrected chi connectivity index (χ0v) is 18.1. The fraction of sp³-hybridized carbons (Fsp3) is 0.333. The van der Waals surface area contributed by atoms with Crippen LogP contribution in [-0.4, -0.2) is 62.0 Å². The van der Waals surface area contributed by atoms with Crippen LogP contribution in [0, 0.1) is 0 Å². The Kier molecular flexibility index (Phi) is 6.36. The molecule has 0 bridgehead atoms. The minimum Gasteiger partial charge on any atom is -0.387 e. The van der Waals surface area contributed by atoms with E-state index in [9.17, 15) is 4.79 Å². The van der Waals surface area contributed by atoms with Crippen LogP contribution >= 0.6 is 23.4 Å². The van der Waals surface area contributed by atoms with E-state index in [1.54, 1.807) is 11.1 Å². The van der Waals surface area contributed by atoms with Crippen molar-refractivity contribution in [2.75, 3.05) is 26.0 Å². The van der Waals surface area contributed by atoms with E-state index in [1.807, 2.05) is 36.6 Å². The van der Waals surface area contributed by atoms with E-state index in [2.05, 4.69) is 15.2 Å². The number of nitrogens with one attached hydrogen (secondary N) is 1. The van der Waals surface area contributed by atoms with Gasteiger partial charge in [-0.15, -0.1) is 0 Å². The highest BCUT2D eigenvalue weighted by Crippen LogP contribution is 2.39. The molecule has 0 saturated carbocycles. The molecule has 1 saturated heterocycles. The molecule has 1 aliphatic heterocycles. The van der Waals surface area contributed by atoms with Crippen molar-refractivity contribution in [2.24, 2.45) is 0 Å². The van der Waals surface area contributed by atoms with Crippen LogP contribution in [0.15, 0.2) is 41.7 Å². The molecule has 3 heterocycles. The first kappa shape index (κ1) is 20.8. The van der Waals surface area contributed by atoms with Gasteiger partial charge in [-0.05, 0) is 37.3 Å². The van der Waals surface area contributed by atoms with Gasteiger partial charge in [-0.2, -0.15) is 5.10 Å². The maximum Gasteiger partial charge on any atom is 0.248 e. The van der Waals surface area contributed by atoms with Crippen molar-refractivity contribution < 1.29 is 9.90 Å². The number of rotatable bonds is 5. The molecule has 7 nitrogen and oxygen atoms in total. The first-order valence-corrected chi connectivity index (χ1v) is 11.3. The number of aromatic amines is 1. The highest BCUT2D eigenvalue weighted by Gasteiger charge is 2.29. The summed E-state index contributed by atoms with van der Waals surface area (Å²) in [7, 11) is 0. The molecule has 2 aromatic heterocycles. The van der Waals surface area contributed by atoms with Crippen molar-refractivity contribution in [1.82, 2.24) is 25.1 Å². The smallest absolute Gasteiger partial charge is 0.248 e. The van der Waals surface area contributed by atoms with Gasteiger partial charge < -0.3 is 10.0 Å². The summed E-state index contributed by atoms with van der Waals surface area (Å²) in [6, 6.07) is 9.50. The van der Waals surface area contributed by atoms with Crippen LogP contribution in [0.5, 0.6) is 0 Å². The van der Waals surface area contributed by atoms with E-state index >= 15 is 0 Å². The molecule has 0 radical (unpaired) electrons. The van der Waals surface area contributed by atoms with Gasteiger partial charge in [0.15, 0.2) is 5.16 Å². The Morgan fingerprint density at radius 3 is 2.67 bits per heavy atom. The number of aromatic nitrogens is 4. The monoisotopic (exact) mass is 443 g/mol. The van der Waals surface area contributed by atoms with E-state index in [-0.39, 0.29) is 11.8 Å². The molecule has 9 heteroatoms. The van der Waals surface area contributed by atoms with Crippen molar-refractivity contribution in [3.63, 3.8) is 0 Å². The molecule has 1 fully saturated rings. The van der Waals surface area contributed by atoms with Crippen LogP contribution in [-0.2, 0) is 4.79 Å². The zero-order chi connectivity index (χ0) is 21.1. The van der Waals surface area contributed by atoms with Crippen molar-refractivity contribution in [1.29, 1.82) is 0 Å². The van der Waals surface area contributed by atoms with E-state index in [0.29, 0.717) is 23.3 Å². The van der Waals surface area contributed by atoms with Crippen LogP contribution in [0.25, 0.3) is 22.5 Å². The second-order valence-electron chi connectivity index (χ2n) is 7.11. The van der Waals surface area contributed by atoms with Crippen LogP contribution in [0.2, 0.25) is 5.02 Å². The first-order valence-electron chi connectivity index (χ1n) is 9.71. The number of thioether (sulfide) groups is 1. The van der Waals surface area contributed by atoms with E-state index < -0.39 is 6.61 Å². The maximum atomic E-state index is 11.8. The Bertz CT molecular complexity index is 1030. The third-order valence-corrected chi connectivity index (χ3v) is 6.19. The molecule has 0 atom stereocenters. The van der Waals surface area contributed by atoms with Crippen LogP contribution in [0.1, 0.15) is 24.5 Å². The Morgan fingerprint density at radius 1 is 1.27 bits per heavy atom. The van der Waals surface area contributed by atoms with Gasteiger partial charge in [0.2, 0.25) is 5.91 Å². The molecule has 3 aromatic rings. The number of H-pyrrole nitrogens is 1. The lowest BCUT2D eigenvalue weighted by molar-refractivity contribution is -0.135. The predicted molar refractivity (Wildman–Crippen MR) is 117 cm³/mol. The average Bonchev–Trinajstić information content (AvgIpc) is 3.24. The number of likely N-dealkylation sites (tertiary alicyclic amines) is 1. The van der Waals surface area contributed by atoms with Gasteiger partial charge >= 0.3 is 0 Å². The lowest BCUT2D eigenvalue weighted by atomic mass is 9.89. The lowest BCUT2D eigenvalue weighted by Crippen LogP contribution is -2.39. The summed E-state index contributed by atoms with van der Waals surface area (Å²) in [5, 5.41) is 18.4. The number of aliphatic hydroxyl groups is 1. The summed E-state index contributed by atoms with van der Waals surface area (Å²) in [6.07, 6.45) is 5.30. The minimum absolute atomic E-state index is 0.212. The third-order valence-electron chi connectivity index (χ3n) is 5.38. The van der Waals surface area contributed by atoms with E-state index in [4.69, 9.17) is 21.7 Å². The van der Waals surface area contributed by atoms with Gasteiger partial charge in [0.25, 0.3) is 0 Å². The minimum atomic E-state index is -0.445. The summed E-state index contributed by atoms with van der Waals surface area (Å²) in [5.41, 5.74) is 4.57. The zero-order valence-electron chi connectivity index (χ0n) is 16.5. The topological polar surface area (TPSA) is 95.0 Å². The van der Waals surface area contributed by atoms with Gasteiger partial charge in [-0.1, -0.05) is 35.5 Å². The molecule has 1 aliphatic rings. The molecule has 1 aromatic carbocycles. The number of carbonyl (C=O) groups is 1. The molecular formula is C21H22ClN5O2S. The Morgan fingerprint density at radius 2 is 2.00 bits per heavy atom. The molecule has 30 heavy (non-hydrogen) atoms. The first-order chi connectivity index (χ1) is 14.6. The van der Waals surface area contributed by atoms with Crippen molar-refractivity contribution in [3.05, 3.63) is 47.2 Å². The van der Waals surface area contributed by atoms with Gasteiger partial charge in [0.1, 0.15) is 12.3 Å². The molecule has 0 unspecified atom stereocenters. The standard InChI is InChI=1S/C21H22ClN5O2S/c1-30-21-23-9-6-16(24-21)18-19(13-2-4-15(22)5-3-13)25-26-20(18)14-7-10-27(11-8-14)17(29)12-28/h2-6,9,14,28H,7-8,10-12H2,1H3,(H,25,26). The second kappa shape index (κ2) is 9.16. The quantitative estimate of drug-likeness (QED) is 0.462. The fourth-order valence-corrected chi connectivity index (χ4v) is 4.30. The normalized spacial score (nSPS) is 14.8. The summed E-state index contributed by atoms with van der Waals surface area (Å²) in [4.78, 5) is 22.5. The van der Waals surface area contributed by atoms with E-state index in [0.717, 1.165) is 41.1 Å². The van der Waals surface area contributed by atoms with E-state index in [1.165, 1.54) is 11.8 Å². The molecule has 2 N–H and O–H groups in total. The number of halogens is 1. The number of hydrogen-bond acceptors (Lipinski definition) is 6. The SMILES string of the molecule is CSc1nccc(-c2c(-c3ccc(Cl)cc3)n[nH]c2C2CCN(C(=O)CO)CC2)n1. The van der Waals surface area contributed by atoms with Crippen LogP contribution in [0.4, 0.5) is 0 Å². The summed E-state index contributed by atoms with van der Waals surface area (Å²) in [5.74, 6) is -0.00969. The molecule has 1 amide bonds. The predicted octanol–water partition coefficient (Wildman–Crippen LogP) is 3.61. The largest absolute Gasteiger partial charge is 0.387 e. The number of hydrogen-bond donors (Lipinski definition) is 2. The Balaban J connectivity index is 1.74. The van der Waals surface area contributed by atoms with Crippen LogP contribution in [0.3, 0.4) is 0 Å². The Hall–Kier alpha value is -2.42. The summed E-state index contributed by atoms with van der Waals surface area (Å²) in [6.45, 7) is 0.774. The molecule has 0 aliphatic carbocycles. The Labute approximate surface area is 183 Å². The highest BCUT2D eigenvalue weighted by atomic mass is 35.5. The molecule has 156 valence electrons. The van der Waals surface area contributed by atoms with Gasteiger partial charge in [-0.25, -0.2) is 9.97 Å². The third kappa shape index (κ3) is 4.21.